The number of ether oxygens (including phenoxy) is 1. The van der Waals surface area contributed by atoms with Crippen LogP contribution in [0.2, 0.25) is 5.02 Å². The molecule has 1 atom stereocenters. The molecule has 0 saturated heterocycles. The summed E-state index contributed by atoms with van der Waals surface area (Å²) >= 11 is 7.56. The summed E-state index contributed by atoms with van der Waals surface area (Å²) in [5.41, 5.74) is 0.927. The molecular weight excluding hydrogens is 294 g/mol. The Hall–Kier alpha value is -1.52. The lowest BCUT2D eigenvalue weighted by Crippen LogP contribution is -2.30. The van der Waals surface area contributed by atoms with Crippen molar-refractivity contribution in [3.05, 3.63) is 51.2 Å². The molecule has 3 nitrogen and oxygen atoms in total. The number of thiophene rings is 1. The van der Waals surface area contributed by atoms with E-state index < -0.39 is 0 Å². The van der Waals surface area contributed by atoms with Crippen LogP contribution in [-0.4, -0.2) is 12.5 Å². The Labute approximate surface area is 127 Å². The van der Waals surface area contributed by atoms with Crippen molar-refractivity contribution in [2.24, 2.45) is 0 Å². The molecule has 1 aromatic heterocycles. The van der Waals surface area contributed by atoms with Crippen molar-refractivity contribution in [2.75, 3.05) is 6.61 Å². The number of benzene rings is 1. The van der Waals surface area contributed by atoms with E-state index in [0.29, 0.717) is 10.8 Å². The lowest BCUT2D eigenvalue weighted by Gasteiger charge is -2.13. The number of halogens is 1. The smallest absolute Gasteiger partial charge is 0.258 e. The van der Waals surface area contributed by atoms with Crippen molar-refractivity contribution in [3.63, 3.8) is 0 Å². The van der Waals surface area contributed by atoms with Crippen LogP contribution in [0.3, 0.4) is 0 Å². The zero-order valence-electron chi connectivity index (χ0n) is 11.4. The minimum Gasteiger partial charge on any atom is -0.484 e. The van der Waals surface area contributed by atoms with Crippen LogP contribution in [0.1, 0.15) is 23.4 Å². The predicted molar refractivity (Wildman–Crippen MR) is 82.6 cm³/mol. The highest BCUT2D eigenvalue weighted by Crippen LogP contribution is 2.21. The topological polar surface area (TPSA) is 38.3 Å². The van der Waals surface area contributed by atoms with E-state index in [2.05, 4.69) is 5.32 Å². The van der Waals surface area contributed by atoms with Gasteiger partial charge < -0.3 is 10.1 Å². The molecule has 1 heterocycles. The fourth-order valence-electron chi connectivity index (χ4n) is 1.75. The number of carbonyl (C=O) groups excluding carboxylic acids is 1. The van der Waals surface area contributed by atoms with Crippen molar-refractivity contribution >= 4 is 28.8 Å². The summed E-state index contributed by atoms with van der Waals surface area (Å²) in [6.45, 7) is 3.85. The summed E-state index contributed by atoms with van der Waals surface area (Å²) in [7, 11) is 0. The molecule has 0 bridgehead atoms. The van der Waals surface area contributed by atoms with Crippen LogP contribution >= 0.6 is 22.9 Å². The highest BCUT2D eigenvalue weighted by Gasteiger charge is 2.10. The van der Waals surface area contributed by atoms with E-state index in [1.807, 2.05) is 37.4 Å². The summed E-state index contributed by atoms with van der Waals surface area (Å²) in [5, 5.41) is 5.58. The van der Waals surface area contributed by atoms with Crippen molar-refractivity contribution < 1.29 is 9.53 Å². The molecule has 0 fully saturated rings. The molecule has 2 rings (SSSR count). The molecule has 0 aliphatic carbocycles. The number of aryl methyl sites for hydroxylation is 1. The lowest BCUT2D eigenvalue weighted by atomic mass is 10.2. The van der Waals surface area contributed by atoms with E-state index in [9.17, 15) is 4.79 Å². The number of carbonyl (C=O) groups is 1. The molecule has 0 unspecified atom stereocenters. The van der Waals surface area contributed by atoms with Crippen LogP contribution in [0.25, 0.3) is 0 Å². The van der Waals surface area contributed by atoms with Gasteiger partial charge in [0.2, 0.25) is 0 Å². The molecule has 0 aliphatic rings. The van der Waals surface area contributed by atoms with Gasteiger partial charge in [0.05, 0.1) is 6.04 Å². The third-order valence-corrected chi connectivity index (χ3v) is 4.33. The second-order valence-electron chi connectivity index (χ2n) is 4.50. The third kappa shape index (κ3) is 3.99. The summed E-state index contributed by atoms with van der Waals surface area (Å²) in [6.07, 6.45) is 0. The first-order chi connectivity index (χ1) is 9.56. The van der Waals surface area contributed by atoms with Crippen molar-refractivity contribution in [1.29, 1.82) is 0 Å². The van der Waals surface area contributed by atoms with Crippen molar-refractivity contribution in [1.82, 2.24) is 5.32 Å². The summed E-state index contributed by atoms with van der Waals surface area (Å²) in [4.78, 5) is 12.9. The maximum Gasteiger partial charge on any atom is 0.258 e. The molecule has 20 heavy (non-hydrogen) atoms. The molecular formula is C15H16ClNO2S. The first-order valence-electron chi connectivity index (χ1n) is 6.28. The maximum atomic E-state index is 11.8. The summed E-state index contributed by atoms with van der Waals surface area (Å²) in [5.74, 6) is 0.504. The molecule has 1 N–H and O–H groups in total. The van der Waals surface area contributed by atoms with Crippen molar-refractivity contribution in [2.45, 2.75) is 19.9 Å². The fraction of sp³-hybridized carbons (Fsp3) is 0.267. The van der Waals surface area contributed by atoms with E-state index >= 15 is 0 Å². The lowest BCUT2D eigenvalue weighted by molar-refractivity contribution is -0.123. The Morgan fingerprint density at radius 3 is 2.90 bits per heavy atom. The molecule has 0 spiro atoms. The molecule has 5 heteroatoms. The molecule has 0 saturated carbocycles. The zero-order chi connectivity index (χ0) is 14.5. The zero-order valence-corrected chi connectivity index (χ0v) is 12.9. The van der Waals surface area contributed by atoms with Gasteiger partial charge in [-0.3, -0.25) is 4.79 Å². The summed E-state index contributed by atoms with van der Waals surface area (Å²) in [6, 6.07) is 9.30. The quantitative estimate of drug-likeness (QED) is 0.907. The Morgan fingerprint density at radius 2 is 2.25 bits per heavy atom. The number of hydrogen-bond donors (Lipinski definition) is 1. The number of amides is 1. The predicted octanol–water partition coefficient (Wildman–Crippen LogP) is 3.97. The fourth-order valence-corrected chi connectivity index (χ4v) is 2.60. The van der Waals surface area contributed by atoms with Gasteiger partial charge in [-0.2, -0.15) is 0 Å². The largest absolute Gasteiger partial charge is 0.484 e. The van der Waals surface area contributed by atoms with Crippen LogP contribution in [0.15, 0.2) is 35.7 Å². The molecule has 1 amide bonds. The minimum atomic E-state index is -0.140. The first kappa shape index (κ1) is 14.9. The van der Waals surface area contributed by atoms with E-state index in [1.54, 1.807) is 23.5 Å². The van der Waals surface area contributed by atoms with Gasteiger partial charge in [-0.1, -0.05) is 17.7 Å². The minimum absolute atomic E-state index is 0.00180. The average Bonchev–Trinajstić information content (AvgIpc) is 2.94. The highest BCUT2D eigenvalue weighted by molar-refractivity contribution is 7.10. The number of rotatable bonds is 5. The van der Waals surface area contributed by atoms with E-state index in [1.165, 1.54) is 0 Å². The maximum absolute atomic E-state index is 11.8. The molecule has 0 aliphatic heterocycles. The second-order valence-corrected chi connectivity index (χ2v) is 5.89. The van der Waals surface area contributed by atoms with E-state index in [-0.39, 0.29) is 18.6 Å². The Bertz CT molecular complexity index is 584. The number of nitrogens with one attached hydrogen (secondary N) is 1. The SMILES string of the molecule is Cc1cc(OCC(=O)N[C@@H](C)c2cccs2)ccc1Cl. The first-order valence-corrected chi connectivity index (χ1v) is 7.53. The normalized spacial score (nSPS) is 11.9. The molecule has 106 valence electrons. The van der Waals surface area contributed by atoms with Gasteiger partial charge in [-0.25, -0.2) is 0 Å². The Kier molecular flexibility index (Phi) is 5.04. The van der Waals surface area contributed by atoms with Crippen LogP contribution < -0.4 is 10.1 Å². The Morgan fingerprint density at radius 1 is 1.45 bits per heavy atom. The highest BCUT2D eigenvalue weighted by atomic mass is 35.5. The van der Waals surface area contributed by atoms with Gasteiger partial charge in [0, 0.05) is 9.90 Å². The van der Waals surface area contributed by atoms with Crippen molar-refractivity contribution in [3.8, 4) is 5.75 Å². The van der Waals surface area contributed by atoms with Crippen LogP contribution in [0, 0.1) is 6.92 Å². The van der Waals surface area contributed by atoms with Crippen LogP contribution in [0.5, 0.6) is 5.75 Å². The van der Waals surface area contributed by atoms with Gasteiger partial charge in [0.15, 0.2) is 6.61 Å². The molecule has 2 aromatic rings. The monoisotopic (exact) mass is 309 g/mol. The van der Waals surface area contributed by atoms with Gasteiger partial charge >= 0.3 is 0 Å². The van der Waals surface area contributed by atoms with Gasteiger partial charge in [-0.05, 0) is 49.1 Å². The third-order valence-electron chi connectivity index (χ3n) is 2.85. The van der Waals surface area contributed by atoms with Gasteiger partial charge in [0.1, 0.15) is 5.75 Å². The number of hydrogen-bond acceptors (Lipinski definition) is 3. The van der Waals surface area contributed by atoms with E-state index in [4.69, 9.17) is 16.3 Å². The van der Waals surface area contributed by atoms with Crippen LogP contribution in [0.4, 0.5) is 0 Å². The molecule has 0 radical (unpaired) electrons. The summed E-state index contributed by atoms with van der Waals surface area (Å²) < 4.78 is 5.45. The molecule has 1 aromatic carbocycles. The van der Waals surface area contributed by atoms with E-state index in [0.717, 1.165) is 10.4 Å². The second kappa shape index (κ2) is 6.77. The Balaban J connectivity index is 1.84. The average molecular weight is 310 g/mol. The standard InChI is InChI=1S/C15H16ClNO2S/c1-10-8-12(5-6-13(10)16)19-9-15(18)17-11(2)14-4-3-7-20-14/h3-8,11H,9H2,1-2H3,(H,17,18)/t11-/m0/s1. The van der Waals surface area contributed by atoms with Crippen LogP contribution in [-0.2, 0) is 4.79 Å². The van der Waals surface area contributed by atoms with Gasteiger partial charge in [-0.15, -0.1) is 11.3 Å². The van der Waals surface area contributed by atoms with Gasteiger partial charge in [0.25, 0.3) is 5.91 Å².